The summed E-state index contributed by atoms with van der Waals surface area (Å²) >= 11 is 5.43. The number of anilines is 1. The van der Waals surface area contributed by atoms with Gasteiger partial charge in [0.25, 0.3) is 0 Å². The molecule has 1 aromatic rings. The molecule has 0 N–H and O–H groups in total. The molecule has 17 heavy (non-hydrogen) atoms. The number of halogens is 1. The van der Waals surface area contributed by atoms with Crippen LogP contribution < -0.4 is 9.64 Å². The van der Waals surface area contributed by atoms with Crippen LogP contribution in [-0.4, -0.2) is 24.8 Å². The molecule has 0 aliphatic carbocycles. The highest BCUT2D eigenvalue weighted by Crippen LogP contribution is 2.33. The minimum absolute atomic E-state index is 0.103. The van der Waals surface area contributed by atoms with Gasteiger partial charge in [0.1, 0.15) is 5.75 Å². The molecule has 0 spiro atoms. The molecule has 1 saturated heterocycles. The van der Waals surface area contributed by atoms with Crippen molar-refractivity contribution in [3.05, 3.63) is 24.3 Å². The molecule has 4 nitrogen and oxygen atoms in total. The molecule has 1 amide bonds. The van der Waals surface area contributed by atoms with Gasteiger partial charge in [0.2, 0.25) is 11.1 Å². The maximum Gasteiger partial charge on any atom is 0.227 e. The predicted octanol–water partition coefficient (Wildman–Crippen LogP) is 1.81. The summed E-state index contributed by atoms with van der Waals surface area (Å²) in [6.45, 7) is 0.321. The zero-order valence-electron chi connectivity index (χ0n) is 9.35. The smallest absolute Gasteiger partial charge is 0.227 e. The molecule has 0 bridgehead atoms. The highest BCUT2D eigenvalue weighted by molar-refractivity contribution is 6.64. The van der Waals surface area contributed by atoms with Crippen molar-refractivity contribution in [3.8, 4) is 5.75 Å². The summed E-state index contributed by atoms with van der Waals surface area (Å²) in [6.07, 6.45) is 0.167. The van der Waals surface area contributed by atoms with E-state index in [2.05, 4.69) is 0 Å². The van der Waals surface area contributed by atoms with Gasteiger partial charge in [0.05, 0.1) is 18.7 Å². The molecule has 0 unspecified atom stereocenters. The van der Waals surface area contributed by atoms with Crippen LogP contribution in [0.4, 0.5) is 5.69 Å². The van der Waals surface area contributed by atoms with Crippen molar-refractivity contribution in [1.29, 1.82) is 0 Å². The Morgan fingerprint density at radius 3 is 2.76 bits per heavy atom. The molecule has 2 rings (SSSR count). The lowest BCUT2D eigenvalue weighted by Gasteiger charge is -2.18. The van der Waals surface area contributed by atoms with Gasteiger partial charge < -0.3 is 9.64 Å². The van der Waals surface area contributed by atoms with E-state index in [0.717, 1.165) is 0 Å². The number of methoxy groups -OCH3 is 1. The number of hydrogen-bond donors (Lipinski definition) is 0. The molecule has 0 radical (unpaired) electrons. The highest BCUT2D eigenvalue weighted by atomic mass is 35.5. The number of rotatable bonds is 3. The van der Waals surface area contributed by atoms with E-state index in [1.54, 1.807) is 24.1 Å². The van der Waals surface area contributed by atoms with Gasteiger partial charge in [-0.2, -0.15) is 0 Å². The number of para-hydroxylation sites is 2. The van der Waals surface area contributed by atoms with Crippen LogP contribution in [0.25, 0.3) is 0 Å². The minimum Gasteiger partial charge on any atom is -0.495 e. The Hall–Kier alpha value is -1.55. The van der Waals surface area contributed by atoms with Crippen molar-refractivity contribution in [1.82, 2.24) is 0 Å². The number of amides is 1. The van der Waals surface area contributed by atoms with E-state index in [9.17, 15) is 9.59 Å². The molecule has 0 aromatic heterocycles. The lowest BCUT2D eigenvalue weighted by Crippen LogP contribution is -2.25. The van der Waals surface area contributed by atoms with Crippen LogP contribution in [0.3, 0.4) is 0 Å². The molecule has 1 aromatic carbocycles. The zero-order chi connectivity index (χ0) is 12.4. The Kier molecular flexibility index (Phi) is 3.33. The van der Waals surface area contributed by atoms with Gasteiger partial charge >= 0.3 is 0 Å². The van der Waals surface area contributed by atoms with E-state index in [4.69, 9.17) is 16.3 Å². The van der Waals surface area contributed by atoms with E-state index < -0.39 is 11.2 Å². The quantitative estimate of drug-likeness (QED) is 0.772. The van der Waals surface area contributed by atoms with Crippen LogP contribution in [-0.2, 0) is 9.59 Å². The van der Waals surface area contributed by atoms with Crippen LogP contribution in [0, 0.1) is 5.92 Å². The van der Waals surface area contributed by atoms with E-state index in [1.165, 1.54) is 0 Å². The Morgan fingerprint density at radius 2 is 2.18 bits per heavy atom. The third kappa shape index (κ3) is 2.26. The van der Waals surface area contributed by atoms with Gasteiger partial charge in [-0.1, -0.05) is 12.1 Å². The fraction of sp³-hybridized carbons (Fsp3) is 0.333. The number of carbonyl (C=O) groups excluding carboxylic acids is 2. The van der Waals surface area contributed by atoms with E-state index in [-0.39, 0.29) is 12.3 Å². The minimum atomic E-state index is -0.462. The second kappa shape index (κ2) is 4.75. The van der Waals surface area contributed by atoms with E-state index in [0.29, 0.717) is 18.0 Å². The van der Waals surface area contributed by atoms with E-state index in [1.807, 2.05) is 12.1 Å². The molecule has 1 aliphatic heterocycles. The second-order valence-electron chi connectivity index (χ2n) is 3.88. The van der Waals surface area contributed by atoms with Crippen molar-refractivity contribution in [2.24, 2.45) is 5.92 Å². The summed E-state index contributed by atoms with van der Waals surface area (Å²) in [5, 5.41) is -0.462. The van der Waals surface area contributed by atoms with Crippen LogP contribution in [0.1, 0.15) is 6.42 Å². The standard InChI is InChI=1S/C12H12ClNO3/c1-17-10-5-3-2-4-9(10)14-7-8(12(13)16)6-11(14)15/h2-5,8H,6-7H2,1H3/t8-/m0/s1. The molecule has 1 aliphatic rings. The summed E-state index contributed by atoms with van der Waals surface area (Å²) in [6, 6.07) is 7.21. The molecule has 5 heteroatoms. The molecular formula is C12H12ClNO3. The lowest BCUT2D eigenvalue weighted by atomic mass is 10.1. The lowest BCUT2D eigenvalue weighted by molar-refractivity contribution is -0.120. The number of carbonyl (C=O) groups is 2. The first-order valence-corrected chi connectivity index (χ1v) is 5.64. The van der Waals surface area contributed by atoms with Crippen LogP contribution in [0.2, 0.25) is 0 Å². The van der Waals surface area contributed by atoms with E-state index >= 15 is 0 Å². The number of benzene rings is 1. The third-order valence-corrected chi connectivity index (χ3v) is 3.13. The van der Waals surface area contributed by atoms with Crippen molar-refractivity contribution in [3.63, 3.8) is 0 Å². The van der Waals surface area contributed by atoms with Gasteiger partial charge in [-0.25, -0.2) is 0 Å². The molecule has 1 atom stereocenters. The Labute approximate surface area is 104 Å². The summed E-state index contributed by atoms with van der Waals surface area (Å²) in [5.74, 6) is 0.0890. The third-order valence-electron chi connectivity index (χ3n) is 2.82. The first-order chi connectivity index (χ1) is 8.13. The van der Waals surface area contributed by atoms with Crippen molar-refractivity contribution in [2.75, 3.05) is 18.6 Å². The average molecular weight is 254 g/mol. The second-order valence-corrected chi connectivity index (χ2v) is 4.25. The molecule has 1 fully saturated rings. The summed E-state index contributed by atoms with van der Waals surface area (Å²) in [4.78, 5) is 24.4. The van der Waals surface area contributed by atoms with Gasteiger partial charge in [0, 0.05) is 13.0 Å². The Morgan fingerprint density at radius 1 is 1.47 bits per heavy atom. The molecular weight excluding hydrogens is 242 g/mol. The normalized spacial score (nSPS) is 19.5. The SMILES string of the molecule is COc1ccccc1N1C[C@@H](C(=O)Cl)CC1=O. The zero-order valence-corrected chi connectivity index (χ0v) is 10.1. The van der Waals surface area contributed by atoms with Crippen LogP contribution in [0.5, 0.6) is 5.75 Å². The fourth-order valence-electron chi connectivity index (χ4n) is 1.95. The molecule has 90 valence electrons. The first-order valence-electron chi connectivity index (χ1n) is 5.26. The predicted molar refractivity (Wildman–Crippen MR) is 64.3 cm³/mol. The number of hydrogen-bond acceptors (Lipinski definition) is 3. The Balaban J connectivity index is 2.29. The van der Waals surface area contributed by atoms with Crippen molar-refractivity contribution < 1.29 is 14.3 Å². The van der Waals surface area contributed by atoms with Gasteiger partial charge in [-0.05, 0) is 23.7 Å². The maximum atomic E-state index is 11.8. The first kappa shape index (κ1) is 11.9. The monoisotopic (exact) mass is 253 g/mol. The van der Waals surface area contributed by atoms with Crippen molar-refractivity contribution in [2.45, 2.75) is 6.42 Å². The van der Waals surface area contributed by atoms with Gasteiger partial charge in [0.15, 0.2) is 0 Å². The van der Waals surface area contributed by atoms with Crippen LogP contribution in [0.15, 0.2) is 24.3 Å². The number of ether oxygens (including phenoxy) is 1. The highest BCUT2D eigenvalue weighted by Gasteiger charge is 2.35. The number of nitrogens with zero attached hydrogens (tertiary/aromatic N) is 1. The summed E-state index contributed by atoms with van der Waals surface area (Å²) in [5.41, 5.74) is 0.681. The summed E-state index contributed by atoms with van der Waals surface area (Å²) < 4.78 is 5.19. The van der Waals surface area contributed by atoms with Gasteiger partial charge in [-0.3, -0.25) is 9.59 Å². The Bertz CT molecular complexity index is 461. The largest absolute Gasteiger partial charge is 0.495 e. The van der Waals surface area contributed by atoms with Gasteiger partial charge in [-0.15, -0.1) is 0 Å². The maximum absolute atomic E-state index is 11.8. The average Bonchev–Trinajstić information content (AvgIpc) is 2.71. The van der Waals surface area contributed by atoms with Crippen molar-refractivity contribution >= 4 is 28.4 Å². The molecule has 0 saturated carbocycles. The summed E-state index contributed by atoms with van der Waals surface area (Å²) in [7, 11) is 1.55. The molecule has 1 heterocycles. The fourth-order valence-corrected chi connectivity index (χ4v) is 2.09. The van der Waals surface area contributed by atoms with Crippen LogP contribution >= 0.6 is 11.6 Å². The topological polar surface area (TPSA) is 46.6 Å².